The van der Waals surface area contributed by atoms with Crippen LogP contribution in [-0.4, -0.2) is 54.3 Å². The van der Waals surface area contributed by atoms with Crippen molar-refractivity contribution in [2.75, 3.05) is 0 Å². The zero-order valence-electron chi connectivity index (χ0n) is 11.4. The van der Waals surface area contributed by atoms with E-state index in [0.29, 0.717) is 13.2 Å². The molecule has 0 aliphatic rings. The second-order valence-electron chi connectivity index (χ2n) is 4.35. The van der Waals surface area contributed by atoms with Crippen LogP contribution in [0.5, 0.6) is 0 Å². The molecule has 0 fully saturated rings. The summed E-state index contributed by atoms with van der Waals surface area (Å²) in [4.78, 5) is 0. The topological polar surface area (TPSA) is 9.23 Å². The molecule has 0 amide bonds. The van der Waals surface area contributed by atoms with Gasteiger partial charge in [0.25, 0.3) is 0 Å². The minimum atomic E-state index is 0. The molecule has 0 spiro atoms. The van der Waals surface area contributed by atoms with Crippen LogP contribution < -0.4 is 8.47 Å². The van der Waals surface area contributed by atoms with Crippen molar-refractivity contribution in [3.05, 3.63) is 59.7 Å². The third-order valence-corrected chi connectivity index (χ3v) is 3.04. The molecule has 0 aliphatic heterocycles. The predicted octanol–water partition coefficient (Wildman–Crippen LogP) is 0.610. The Labute approximate surface area is 139 Å². The summed E-state index contributed by atoms with van der Waals surface area (Å²) >= 11 is 4.24. The van der Waals surface area contributed by atoms with Gasteiger partial charge in [-0.3, -0.25) is 0 Å². The third-order valence-electron chi connectivity index (χ3n) is 3.04. The second-order valence-corrected chi connectivity index (χ2v) is 4.35. The van der Waals surface area contributed by atoms with Crippen molar-refractivity contribution in [3.8, 4) is 0 Å². The van der Waals surface area contributed by atoms with Crippen LogP contribution in [0.4, 0.5) is 0 Å². The molecule has 0 aromatic heterocycles. The number of rotatable bonds is 4. The summed E-state index contributed by atoms with van der Waals surface area (Å²) in [6.07, 6.45) is 0. The van der Waals surface area contributed by atoms with E-state index in [4.69, 9.17) is 4.74 Å². The van der Waals surface area contributed by atoms with E-state index in [1.165, 1.54) is 19.6 Å². The molecule has 0 unspecified atom stereocenters. The van der Waals surface area contributed by atoms with E-state index >= 15 is 0 Å². The van der Waals surface area contributed by atoms with Gasteiger partial charge in [0.05, 0.1) is 0 Å². The molecule has 0 aliphatic carbocycles. The zero-order chi connectivity index (χ0) is 12.1. The van der Waals surface area contributed by atoms with E-state index < -0.39 is 0 Å². The van der Waals surface area contributed by atoms with E-state index in [1.807, 2.05) is 0 Å². The monoisotopic (exact) mass is 217 g/mol. The fourth-order valence-electron chi connectivity index (χ4n) is 1.82. The van der Waals surface area contributed by atoms with Gasteiger partial charge in [0.15, 0.2) is 0 Å². The molecular formula is C14H12Li3O. The maximum absolute atomic E-state index is 5.77. The number of hydrogen-bond donors (Lipinski definition) is 0. The van der Waals surface area contributed by atoms with Gasteiger partial charge in [0, 0.05) is 18.9 Å². The molecule has 18 heavy (non-hydrogen) atoms. The Morgan fingerprint density at radius 2 is 1.11 bits per heavy atom. The normalized spacial score (nSPS) is 10.0. The van der Waals surface area contributed by atoms with Gasteiger partial charge >= 0.3 is 122 Å². The summed E-state index contributed by atoms with van der Waals surface area (Å²) in [6.45, 7) is 1.36. The van der Waals surface area contributed by atoms with Crippen molar-refractivity contribution < 1.29 is 4.74 Å². The molecular weight excluding hydrogens is 205 g/mol. The van der Waals surface area contributed by atoms with Crippen LogP contribution in [0, 0.1) is 0 Å². The second kappa shape index (κ2) is 8.38. The fraction of sp³-hybridized carbons (Fsp3) is 0.143. The Bertz CT molecular complexity index is 454. The molecule has 2 rings (SSSR count). The molecule has 4 heteroatoms. The summed E-state index contributed by atoms with van der Waals surface area (Å²) in [7, 11) is 0. The molecule has 0 atom stereocenters. The summed E-state index contributed by atoms with van der Waals surface area (Å²) in [5, 5.41) is 0. The Hall–Kier alpha value is 0.192. The van der Waals surface area contributed by atoms with Crippen LogP contribution >= 0.6 is 0 Å². The zero-order valence-corrected chi connectivity index (χ0v) is 11.4. The molecule has 0 saturated heterocycles. The van der Waals surface area contributed by atoms with Gasteiger partial charge in [-0.05, 0) is 0 Å². The Balaban J connectivity index is 0.00000162. The van der Waals surface area contributed by atoms with Crippen molar-refractivity contribution >= 4 is 62.8 Å². The average Bonchev–Trinajstić information content (AvgIpc) is 2.34. The van der Waals surface area contributed by atoms with Gasteiger partial charge in [-0.25, -0.2) is 0 Å². The van der Waals surface area contributed by atoms with Crippen molar-refractivity contribution in [1.29, 1.82) is 0 Å². The van der Waals surface area contributed by atoms with Crippen molar-refractivity contribution in [2.45, 2.75) is 13.2 Å². The number of hydrogen-bond acceptors (Lipinski definition) is 1. The quantitative estimate of drug-likeness (QED) is 0.682. The molecule has 0 bridgehead atoms. The fourth-order valence-corrected chi connectivity index (χ4v) is 1.82. The molecule has 0 N–H and O–H groups in total. The van der Waals surface area contributed by atoms with Crippen LogP contribution in [-0.2, 0) is 18.0 Å². The van der Waals surface area contributed by atoms with Gasteiger partial charge < -0.3 is 0 Å². The molecule has 1 radical (unpaired) electrons. The van der Waals surface area contributed by atoms with Gasteiger partial charge in [-0.2, -0.15) is 0 Å². The molecule has 2 aromatic carbocycles. The van der Waals surface area contributed by atoms with Crippen LogP contribution in [0.2, 0.25) is 0 Å². The predicted molar refractivity (Wildman–Crippen MR) is 77.9 cm³/mol. The first-order valence-electron chi connectivity index (χ1n) is 5.94. The van der Waals surface area contributed by atoms with Crippen molar-refractivity contribution in [1.82, 2.24) is 0 Å². The molecule has 0 heterocycles. The van der Waals surface area contributed by atoms with Gasteiger partial charge in [-0.15, -0.1) is 0 Å². The molecule has 77 valence electrons. The summed E-state index contributed by atoms with van der Waals surface area (Å²) in [5.41, 5.74) is 2.53. The molecule has 0 saturated carbocycles. The SMILES string of the molecule is [Li].[Li][c]1ccccc1COCc1cccc[c]1[Li]. The van der Waals surface area contributed by atoms with Crippen LogP contribution in [0.15, 0.2) is 48.5 Å². The van der Waals surface area contributed by atoms with Gasteiger partial charge in [0.1, 0.15) is 0 Å². The average molecular weight is 217 g/mol. The first-order chi connectivity index (χ1) is 8.27. The van der Waals surface area contributed by atoms with Gasteiger partial charge in [0.2, 0.25) is 0 Å². The minimum absolute atomic E-state index is 0. The van der Waals surface area contributed by atoms with Crippen molar-refractivity contribution in [3.63, 3.8) is 0 Å². The van der Waals surface area contributed by atoms with Crippen LogP contribution in [0.1, 0.15) is 11.1 Å². The van der Waals surface area contributed by atoms with E-state index in [1.54, 1.807) is 0 Å². The third kappa shape index (κ3) is 4.70. The maximum atomic E-state index is 5.77. The summed E-state index contributed by atoms with van der Waals surface area (Å²) in [5.74, 6) is 0. The van der Waals surface area contributed by atoms with Crippen molar-refractivity contribution in [2.24, 2.45) is 0 Å². The Kier molecular flexibility index (Phi) is 7.56. The van der Waals surface area contributed by atoms with E-state index in [2.05, 4.69) is 84.0 Å². The molecule has 1 nitrogen and oxygen atoms in total. The molecule has 2 aromatic rings. The first-order valence-corrected chi connectivity index (χ1v) is 5.94. The van der Waals surface area contributed by atoms with E-state index in [-0.39, 0.29) is 18.9 Å². The Morgan fingerprint density at radius 3 is 1.50 bits per heavy atom. The van der Waals surface area contributed by atoms with E-state index in [9.17, 15) is 0 Å². The standard InChI is InChI=1S/C14H12O.3Li/c1-3-7-13(8-4-1)11-15-12-14-9-5-2-6-10-14;;;/h1-7,9H,11-12H2;;;. The number of ether oxygens (including phenoxy) is 1. The summed E-state index contributed by atoms with van der Waals surface area (Å²) < 4.78 is 8.35. The van der Waals surface area contributed by atoms with Crippen LogP contribution in [0.25, 0.3) is 0 Å². The van der Waals surface area contributed by atoms with Crippen LogP contribution in [0.3, 0.4) is 0 Å². The first kappa shape index (κ1) is 16.2. The van der Waals surface area contributed by atoms with Gasteiger partial charge in [-0.1, -0.05) is 0 Å². The number of benzene rings is 2. The Morgan fingerprint density at radius 1 is 0.722 bits per heavy atom. The van der Waals surface area contributed by atoms with E-state index in [0.717, 1.165) is 0 Å². The summed E-state index contributed by atoms with van der Waals surface area (Å²) in [6, 6.07) is 16.7.